The maximum absolute atomic E-state index is 6.14. The molecule has 1 aromatic heterocycles. The second-order valence-electron chi connectivity index (χ2n) is 5.14. The van der Waals surface area contributed by atoms with Crippen molar-refractivity contribution in [2.75, 3.05) is 10.6 Å². The van der Waals surface area contributed by atoms with Gasteiger partial charge in [-0.15, -0.1) is 5.10 Å². The summed E-state index contributed by atoms with van der Waals surface area (Å²) >= 11 is 6.14. The highest BCUT2D eigenvalue weighted by atomic mass is 35.5. The smallest absolute Gasteiger partial charge is 0.249 e. The van der Waals surface area contributed by atoms with Crippen molar-refractivity contribution in [2.24, 2.45) is 0 Å². The molecule has 0 atom stereocenters. The summed E-state index contributed by atoms with van der Waals surface area (Å²) < 4.78 is 0. The SMILES string of the molecule is Cc1ccccc1Nc1nncc(Nc2cccc(Cl)c2C)n1. The van der Waals surface area contributed by atoms with Crippen LogP contribution in [0.3, 0.4) is 0 Å². The monoisotopic (exact) mass is 325 g/mol. The van der Waals surface area contributed by atoms with Gasteiger partial charge in [0.2, 0.25) is 5.95 Å². The third kappa shape index (κ3) is 3.57. The first-order valence-corrected chi connectivity index (χ1v) is 7.56. The summed E-state index contributed by atoms with van der Waals surface area (Å²) in [4.78, 5) is 4.44. The van der Waals surface area contributed by atoms with E-state index in [2.05, 4.69) is 25.8 Å². The molecule has 5 nitrogen and oxygen atoms in total. The number of para-hydroxylation sites is 1. The number of aryl methyl sites for hydroxylation is 1. The van der Waals surface area contributed by atoms with Gasteiger partial charge in [0, 0.05) is 16.4 Å². The fourth-order valence-electron chi connectivity index (χ4n) is 2.13. The Balaban J connectivity index is 1.83. The average molecular weight is 326 g/mol. The minimum Gasteiger partial charge on any atom is -0.339 e. The van der Waals surface area contributed by atoms with E-state index in [9.17, 15) is 0 Å². The van der Waals surface area contributed by atoms with E-state index in [0.29, 0.717) is 16.8 Å². The van der Waals surface area contributed by atoms with Crippen LogP contribution in [0.5, 0.6) is 0 Å². The van der Waals surface area contributed by atoms with Crippen molar-refractivity contribution in [3.63, 3.8) is 0 Å². The third-order valence-electron chi connectivity index (χ3n) is 3.48. The number of aromatic nitrogens is 3. The molecule has 0 fully saturated rings. The third-order valence-corrected chi connectivity index (χ3v) is 3.89. The first-order chi connectivity index (χ1) is 11.1. The van der Waals surface area contributed by atoms with Crippen LogP contribution in [0.1, 0.15) is 11.1 Å². The van der Waals surface area contributed by atoms with Gasteiger partial charge in [0.05, 0.1) is 6.20 Å². The van der Waals surface area contributed by atoms with E-state index in [4.69, 9.17) is 11.6 Å². The standard InChI is InChI=1S/C17H16ClN5/c1-11-6-3-4-8-14(11)21-17-22-16(10-19-23-17)20-15-9-5-7-13(18)12(15)2/h3-10H,1-2H3,(H2,20,21,22,23). The van der Waals surface area contributed by atoms with Crippen LogP contribution in [-0.2, 0) is 0 Å². The molecule has 0 unspecified atom stereocenters. The second kappa shape index (κ2) is 6.62. The molecule has 0 amide bonds. The summed E-state index contributed by atoms with van der Waals surface area (Å²) in [6.07, 6.45) is 1.57. The lowest BCUT2D eigenvalue weighted by atomic mass is 10.2. The number of nitrogens with one attached hydrogen (secondary N) is 2. The molecule has 0 bridgehead atoms. The van der Waals surface area contributed by atoms with Crippen molar-refractivity contribution >= 4 is 34.7 Å². The quantitative estimate of drug-likeness (QED) is 0.732. The van der Waals surface area contributed by atoms with E-state index in [1.165, 1.54) is 0 Å². The highest BCUT2D eigenvalue weighted by Gasteiger charge is 2.06. The van der Waals surface area contributed by atoms with Crippen molar-refractivity contribution in [1.82, 2.24) is 15.2 Å². The van der Waals surface area contributed by atoms with Gasteiger partial charge in [0.1, 0.15) is 0 Å². The molecule has 23 heavy (non-hydrogen) atoms. The molecule has 0 radical (unpaired) electrons. The Morgan fingerprint density at radius 1 is 0.913 bits per heavy atom. The van der Waals surface area contributed by atoms with Crippen LogP contribution in [0.2, 0.25) is 5.02 Å². The van der Waals surface area contributed by atoms with Gasteiger partial charge in [-0.05, 0) is 43.2 Å². The predicted molar refractivity (Wildman–Crippen MR) is 93.8 cm³/mol. The maximum Gasteiger partial charge on any atom is 0.249 e. The lowest BCUT2D eigenvalue weighted by Crippen LogP contribution is -2.03. The van der Waals surface area contributed by atoms with Gasteiger partial charge < -0.3 is 10.6 Å². The Morgan fingerprint density at radius 3 is 2.52 bits per heavy atom. The van der Waals surface area contributed by atoms with Crippen molar-refractivity contribution in [3.8, 4) is 0 Å². The summed E-state index contributed by atoms with van der Waals surface area (Å²) in [7, 11) is 0. The van der Waals surface area contributed by atoms with Gasteiger partial charge in [-0.2, -0.15) is 10.1 Å². The Morgan fingerprint density at radius 2 is 1.70 bits per heavy atom. The first kappa shape index (κ1) is 15.2. The normalized spacial score (nSPS) is 10.4. The summed E-state index contributed by atoms with van der Waals surface area (Å²) in [5.41, 5.74) is 3.91. The molecule has 0 saturated carbocycles. The largest absolute Gasteiger partial charge is 0.339 e. The van der Waals surface area contributed by atoms with Gasteiger partial charge in [-0.3, -0.25) is 0 Å². The van der Waals surface area contributed by atoms with Crippen LogP contribution < -0.4 is 10.6 Å². The number of benzene rings is 2. The topological polar surface area (TPSA) is 62.7 Å². The lowest BCUT2D eigenvalue weighted by molar-refractivity contribution is 0.981. The summed E-state index contributed by atoms with van der Waals surface area (Å²) in [5, 5.41) is 15.1. The molecule has 116 valence electrons. The van der Waals surface area contributed by atoms with Crippen molar-refractivity contribution < 1.29 is 0 Å². The summed E-state index contributed by atoms with van der Waals surface area (Å²) in [6, 6.07) is 13.6. The highest BCUT2D eigenvalue weighted by molar-refractivity contribution is 6.31. The molecule has 0 spiro atoms. The first-order valence-electron chi connectivity index (χ1n) is 7.18. The minimum absolute atomic E-state index is 0.434. The van der Waals surface area contributed by atoms with Crippen molar-refractivity contribution in [3.05, 3.63) is 64.8 Å². The van der Waals surface area contributed by atoms with Gasteiger partial charge in [-0.1, -0.05) is 35.9 Å². The molecule has 0 aliphatic carbocycles. The molecular weight excluding hydrogens is 310 g/mol. The number of hydrogen-bond donors (Lipinski definition) is 2. The number of hydrogen-bond acceptors (Lipinski definition) is 5. The molecule has 0 saturated heterocycles. The van der Waals surface area contributed by atoms with Crippen molar-refractivity contribution in [2.45, 2.75) is 13.8 Å². The van der Waals surface area contributed by atoms with Gasteiger partial charge in [0.15, 0.2) is 5.82 Å². The van der Waals surface area contributed by atoms with Gasteiger partial charge >= 0.3 is 0 Å². The predicted octanol–water partition coefficient (Wildman–Crippen LogP) is 4.63. The van der Waals surface area contributed by atoms with Gasteiger partial charge in [0.25, 0.3) is 0 Å². The molecular formula is C17H16ClN5. The van der Waals surface area contributed by atoms with Crippen LogP contribution >= 0.6 is 11.6 Å². The average Bonchev–Trinajstić information content (AvgIpc) is 2.55. The zero-order chi connectivity index (χ0) is 16.2. The van der Waals surface area contributed by atoms with Crippen LogP contribution in [0.4, 0.5) is 23.1 Å². The number of nitrogens with zero attached hydrogens (tertiary/aromatic N) is 3. The molecule has 6 heteroatoms. The van der Waals surface area contributed by atoms with E-state index in [-0.39, 0.29) is 0 Å². The molecule has 2 aromatic carbocycles. The zero-order valence-electron chi connectivity index (χ0n) is 12.8. The van der Waals surface area contributed by atoms with E-state index in [1.807, 2.05) is 56.3 Å². The Hall–Kier alpha value is -2.66. The van der Waals surface area contributed by atoms with Crippen LogP contribution in [0.15, 0.2) is 48.7 Å². The molecule has 0 aliphatic heterocycles. The van der Waals surface area contributed by atoms with E-state index in [1.54, 1.807) is 6.20 Å². The molecule has 2 N–H and O–H groups in total. The highest BCUT2D eigenvalue weighted by Crippen LogP contribution is 2.25. The molecule has 0 aliphatic rings. The van der Waals surface area contributed by atoms with Crippen molar-refractivity contribution in [1.29, 1.82) is 0 Å². The van der Waals surface area contributed by atoms with Crippen LogP contribution in [-0.4, -0.2) is 15.2 Å². The summed E-state index contributed by atoms with van der Waals surface area (Å²) in [5.74, 6) is 1.03. The van der Waals surface area contributed by atoms with Crippen LogP contribution in [0, 0.1) is 13.8 Å². The molecule has 1 heterocycles. The lowest BCUT2D eigenvalue weighted by Gasteiger charge is -2.11. The minimum atomic E-state index is 0.434. The maximum atomic E-state index is 6.14. The second-order valence-corrected chi connectivity index (χ2v) is 5.55. The van der Waals surface area contributed by atoms with E-state index < -0.39 is 0 Å². The number of rotatable bonds is 4. The fraction of sp³-hybridized carbons (Fsp3) is 0.118. The summed E-state index contributed by atoms with van der Waals surface area (Å²) in [6.45, 7) is 3.97. The Bertz CT molecular complexity index is 835. The van der Waals surface area contributed by atoms with E-state index in [0.717, 1.165) is 22.5 Å². The zero-order valence-corrected chi connectivity index (χ0v) is 13.6. The molecule has 3 aromatic rings. The Labute approximate surface area is 139 Å². The van der Waals surface area contributed by atoms with Gasteiger partial charge in [-0.25, -0.2) is 0 Å². The van der Waals surface area contributed by atoms with Crippen LogP contribution in [0.25, 0.3) is 0 Å². The Kier molecular flexibility index (Phi) is 4.39. The fourth-order valence-corrected chi connectivity index (χ4v) is 2.31. The van der Waals surface area contributed by atoms with E-state index >= 15 is 0 Å². The molecule has 3 rings (SSSR count). The number of halogens is 1. The number of anilines is 4.